The van der Waals surface area contributed by atoms with E-state index in [1.54, 1.807) is 0 Å². The molecule has 0 aromatic carbocycles. The van der Waals surface area contributed by atoms with Crippen LogP contribution in [0.25, 0.3) is 0 Å². The molecule has 3 heteroatoms. The lowest BCUT2D eigenvalue weighted by atomic mass is 10.1. The zero-order valence-corrected chi connectivity index (χ0v) is 7.55. The van der Waals surface area contributed by atoms with Gasteiger partial charge in [-0.2, -0.15) is 0 Å². The molecule has 0 aliphatic heterocycles. The van der Waals surface area contributed by atoms with E-state index in [0.29, 0.717) is 5.92 Å². The Morgan fingerprint density at radius 2 is 2.09 bits per heavy atom. The number of rotatable bonds is 6. The predicted octanol–water partition coefficient (Wildman–Crippen LogP) is 0.714. The van der Waals surface area contributed by atoms with Gasteiger partial charge in [0.15, 0.2) is 0 Å². The molecular formula is C8H18N2O. The van der Waals surface area contributed by atoms with E-state index in [-0.39, 0.29) is 6.04 Å². The average molecular weight is 158 g/mol. The van der Waals surface area contributed by atoms with Crippen molar-refractivity contribution < 1.29 is 4.79 Å². The van der Waals surface area contributed by atoms with Crippen LogP contribution in [0.5, 0.6) is 0 Å². The highest BCUT2D eigenvalue weighted by molar-refractivity contribution is 5.57. The van der Waals surface area contributed by atoms with Crippen LogP contribution < -0.4 is 10.9 Å². The Bertz CT molecular complexity index is 104. The summed E-state index contributed by atoms with van der Waals surface area (Å²) in [5, 5.41) is 0. The lowest BCUT2D eigenvalue weighted by Gasteiger charge is -2.14. The van der Waals surface area contributed by atoms with Gasteiger partial charge in [-0.15, -0.1) is 0 Å². The monoisotopic (exact) mass is 158 g/mol. The second-order valence-corrected chi connectivity index (χ2v) is 3.05. The quantitative estimate of drug-likeness (QED) is 0.442. The second kappa shape index (κ2) is 6.31. The van der Waals surface area contributed by atoms with Crippen molar-refractivity contribution in [3.63, 3.8) is 0 Å². The van der Waals surface area contributed by atoms with Crippen molar-refractivity contribution in [2.75, 3.05) is 6.54 Å². The Kier molecular flexibility index (Phi) is 6.07. The summed E-state index contributed by atoms with van der Waals surface area (Å²) in [5.74, 6) is 0.552. The molecule has 0 spiro atoms. The summed E-state index contributed by atoms with van der Waals surface area (Å²) >= 11 is 0. The fourth-order valence-electron chi connectivity index (χ4n) is 0.890. The van der Waals surface area contributed by atoms with E-state index in [9.17, 15) is 4.79 Å². The molecule has 1 atom stereocenters. The zero-order valence-electron chi connectivity index (χ0n) is 7.55. The van der Waals surface area contributed by atoms with Crippen LogP contribution in [-0.4, -0.2) is 18.9 Å². The van der Waals surface area contributed by atoms with Crippen LogP contribution in [0.1, 0.15) is 27.2 Å². The molecule has 0 saturated heterocycles. The summed E-state index contributed by atoms with van der Waals surface area (Å²) in [5.41, 5.74) is 5.86. The minimum absolute atomic E-state index is 0.0463. The lowest BCUT2D eigenvalue weighted by Crippen LogP contribution is -2.42. The average Bonchev–Trinajstić information content (AvgIpc) is 1.97. The zero-order chi connectivity index (χ0) is 8.69. The number of nitrogens with one attached hydrogen (secondary N) is 2. The third-order valence-corrected chi connectivity index (χ3v) is 1.35. The number of hydrazine groups is 1. The number of carbonyl (C=O) groups excluding carboxylic acids is 1. The predicted molar refractivity (Wildman–Crippen MR) is 46.1 cm³/mol. The highest BCUT2D eigenvalue weighted by Gasteiger charge is 2.07. The Morgan fingerprint density at radius 1 is 1.45 bits per heavy atom. The molecule has 2 N–H and O–H groups in total. The van der Waals surface area contributed by atoms with Crippen molar-refractivity contribution in [3.8, 4) is 0 Å². The molecule has 0 radical (unpaired) electrons. The molecule has 3 nitrogen and oxygen atoms in total. The smallest absolute Gasteiger partial charge is 0.138 e. The van der Waals surface area contributed by atoms with Crippen LogP contribution in [0.4, 0.5) is 0 Å². The molecule has 0 fully saturated rings. The Hall–Kier alpha value is -0.410. The SMILES string of the molecule is CCNN[C@H](C=O)CC(C)C. The fourth-order valence-corrected chi connectivity index (χ4v) is 0.890. The van der Waals surface area contributed by atoms with Gasteiger partial charge < -0.3 is 4.79 Å². The van der Waals surface area contributed by atoms with Gasteiger partial charge in [0.25, 0.3) is 0 Å². The van der Waals surface area contributed by atoms with Gasteiger partial charge in [-0.25, -0.2) is 5.43 Å². The van der Waals surface area contributed by atoms with Gasteiger partial charge in [0.2, 0.25) is 0 Å². The highest BCUT2D eigenvalue weighted by Crippen LogP contribution is 2.01. The second-order valence-electron chi connectivity index (χ2n) is 3.05. The molecule has 0 aliphatic rings. The van der Waals surface area contributed by atoms with Gasteiger partial charge in [-0.05, 0) is 12.3 Å². The van der Waals surface area contributed by atoms with Crippen LogP contribution in [-0.2, 0) is 4.79 Å². The summed E-state index contributed by atoms with van der Waals surface area (Å²) in [6, 6.07) is -0.0463. The van der Waals surface area contributed by atoms with E-state index in [4.69, 9.17) is 0 Å². The molecule has 0 unspecified atom stereocenters. The number of aldehydes is 1. The largest absolute Gasteiger partial charge is 0.302 e. The molecule has 0 bridgehead atoms. The Labute approximate surface area is 68.5 Å². The number of carbonyl (C=O) groups is 1. The first kappa shape index (κ1) is 10.6. The normalized spacial score (nSPS) is 13.5. The van der Waals surface area contributed by atoms with Crippen molar-refractivity contribution in [2.45, 2.75) is 33.2 Å². The van der Waals surface area contributed by atoms with Gasteiger partial charge in [0.1, 0.15) is 6.29 Å². The standard InChI is InChI=1S/C8H18N2O/c1-4-9-10-8(6-11)5-7(2)3/h6-10H,4-5H2,1-3H3/t8-/m0/s1. The van der Waals surface area contributed by atoms with Crippen LogP contribution >= 0.6 is 0 Å². The summed E-state index contributed by atoms with van der Waals surface area (Å²) < 4.78 is 0. The first-order valence-electron chi connectivity index (χ1n) is 4.14. The van der Waals surface area contributed by atoms with Gasteiger partial charge in [-0.3, -0.25) is 5.43 Å². The van der Waals surface area contributed by atoms with Crippen molar-refractivity contribution >= 4 is 6.29 Å². The summed E-state index contributed by atoms with van der Waals surface area (Å²) in [6.45, 7) is 7.03. The maximum atomic E-state index is 10.4. The summed E-state index contributed by atoms with van der Waals surface area (Å²) in [7, 11) is 0. The lowest BCUT2D eigenvalue weighted by molar-refractivity contribution is -0.110. The summed E-state index contributed by atoms with van der Waals surface area (Å²) in [4.78, 5) is 10.4. The van der Waals surface area contributed by atoms with Crippen molar-refractivity contribution in [1.82, 2.24) is 10.9 Å². The molecule has 0 aromatic heterocycles. The Balaban J connectivity index is 3.49. The first-order valence-corrected chi connectivity index (χ1v) is 4.14. The van der Waals surface area contributed by atoms with E-state index in [0.717, 1.165) is 19.3 Å². The minimum Gasteiger partial charge on any atom is -0.302 e. The van der Waals surface area contributed by atoms with Gasteiger partial charge in [0, 0.05) is 6.54 Å². The highest BCUT2D eigenvalue weighted by atomic mass is 16.1. The maximum absolute atomic E-state index is 10.4. The first-order chi connectivity index (χ1) is 5.20. The molecule has 0 saturated carbocycles. The van der Waals surface area contributed by atoms with Crippen LogP contribution in [0.2, 0.25) is 0 Å². The topological polar surface area (TPSA) is 41.1 Å². The van der Waals surface area contributed by atoms with Crippen LogP contribution in [0, 0.1) is 5.92 Å². The number of hydrogen-bond acceptors (Lipinski definition) is 3. The molecule has 0 heterocycles. The van der Waals surface area contributed by atoms with Crippen molar-refractivity contribution in [3.05, 3.63) is 0 Å². The molecule has 0 amide bonds. The van der Waals surface area contributed by atoms with Gasteiger partial charge >= 0.3 is 0 Å². The van der Waals surface area contributed by atoms with Crippen molar-refractivity contribution in [1.29, 1.82) is 0 Å². The van der Waals surface area contributed by atoms with E-state index in [1.165, 1.54) is 0 Å². The van der Waals surface area contributed by atoms with E-state index < -0.39 is 0 Å². The molecule has 11 heavy (non-hydrogen) atoms. The molecular weight excluding hydrogens is 140 g/mol. The molecule has 66 valence electrons. The van der Waals surface area contributed by atoms with E-state index in [1.807, 2.05) is 6.92 Å². The van der Waals surface area contributed by atoms with Crippen molar-refractivity contribution in [2.24, 2.45) is 5.92 Å². The molecule has 0 aromatic rings. The Morgan fingerprint density at radius 3 is 2.45 bits per heavy atom. The van der Waals surface area contributed by atoms with Gasteiger partial charge in [0.05, 0.1) is 6.04 Å². The molecule has 0 rings (SSSR count). The number of hydrogen-bond donors (Lipinski definition) is 2. The third kappa shape index (κ3) is 6.01. The fraction of sp³-hybridized carbons (Fsp3) is 0.875. The summed E-state index contributed by atoms with van der Waals surface area (Å²) in [6.07, 6.45) is 1.83. The van der Waals surface area contributed by atoms with Crippen LogP contribution in [0.3, 0.4) is 0 Å². The van der Waals surface area contributed by atoms with Gasteiger partial charge in [-0.1, -0.05) is 20.8 Å². The maximum Gasteiger partial charge on any atom is 0.138 e. The third-order valence-electron chi connectivity index (χ3n) is 1.35. The van der Waals surface area contributed by atoms with Crippen LogP contribution in [0.15, 0.2) is 0 Å². The van der Waals surface area contributed by atoms with E-state index in [2.05, 4.69) is 24.7 Å². The van der Waals surface area contributed by atoms with E-state index >= 15 is 0 Å². The minimum atomic E-state index is -0.0463. The molecule has 0 aliphatic carbocycles.